The first-order valence-electron chi connectivity index (χ1n) is 8.69. The molecule has 0 spiro atoms. The van der Waals surface area contributed by atoms with E-state index in [9.17, 15) is 4.79 Å². The van der Waals surface area contributed by atoms with E-state index in [0.29, 0.717) is 5.92 Å². The molecule has 2 N–H and O–H groups in total. The minimum absolute atomic E-state index is 0.0146. The largest absolute Gasteiger partial charge is 0.347 e. The van der Waals surface area contributed by atoms with E-state index in [0.717, 1.165) is 46.0 Å². The normalized spacial score (nSPS) is 20.7. The molecular formula is C19H22N4OS. The van der Waals surface area contributed by atoms with Crippen LogP contribution in [0.5, 0.6) is 0 Å². The van der Waals surface area contributed by atoms with Crippen molar-refractivity contribution in [1.29, 1.82) is 0 Å². The Morgan fingerprint density at radius 1 is 1.36 bits per heavy atom. The summed E-state index contributed by atoms with van der Waals surface area (Å²) in [6.45, 7) is 6.06. The van der Waals surface area contributed by atoms with Crippen LogP contribution in [0.4, 0.5) is 0 Å². The van der Waals surface area contributed by atoms with Crippen molar-refractivity contribution in [1.82, 2.24) is 20.4 Å². The number of benzene rings is 1. The number of carbonyl (C=O) groups excluding carboxylic acids is 1. The Hall–Kier alpha value is -2.18. The van der Waals surface area contributed by atoms with E-state index >= 15 is 0 Å². The lowest BCUT2D eigenvalue weighted by atomic mass is 9.95. The van der Waals surface area contributed by atoms with Crippen molar-refractivity contribution in [2.24, 2.45) is 5.92 Å². The van der Waals surface area contributed by atoms with Gasteiger partial charge in [-0.1, -0.05) is 25.1 Å². The molecule has 1 saturated heterocycles. The summed E-state index contributed by atoms with van der Waals surface area (Å²) in [4.78, 5) is 14.5. The molecule has 3 heterocycles. The van der Waals surface area contributed by atoms with E-state index in [1.165, 1.54) is 11.3 Å². The third-order valence-corrected chi connectivity index (χ3v) is 6.02. The summed E-state index contributed by atoms with van der Waals surface area (Å²) in [5.41, 5.74) is 1.96. The van der Waals surface area contributed by atoms with Crippen molar-refractivity contribution in [2.45, 2.75) is 26.3 Å². The van der Waals surface area contributed by atoms with Crippen LogP contribution in [-0.4, -0.2) is 34.8 Å². The third kappa shape index (κ3) is 3.07. The summed E-state index contributed by atoms with van der Waals surface area (Å²) in [6, 6.07) is 12.2. The molecule has 0 radical (unpaired) electrons. The summed E-state index contributed by atoms with van der Waals surface area (Å²) < 4.78 is 1.93. The van der Waals surface area contributed by atoms with Gasteiger partial charge >= 0.3 is 0 Å². The molecule has 2 atom stereocenters. The molecule has 1 aliphatic heterocycles. The van der Waals surface area contributed by atoms with Crippen LogP contribution >= 0.6 is 11.3 Å². The van der Waals surface area contributed by atoms with Crippen molar-refractivity contribution in [3.8, 4) is 5.69 Å². The number of rotatable bonds is 3. The molecular weight excluding hydrogens is 332 g/mol. The number of aromatic nitrogens is 2. The Balaban J connectivity index is 1.64. The van der Waals surface area contributed by atoms with Gasteiger partial charge in [0.25, 0.3) is 5.91 Å². The van der Waals surface area contributed by atoms with Crippen molar-refractivity contribution >= 4 is 27.5 Å². The number of amides is 1. The lowest BCUT2D eigenvalue weighted by molar-refractivity contribution is 0.0919. The average molecular weight is 354 g/mol. The van der Waals surface area contributed by atoms with Crippen molar-refractivity contribution in [2.75, 3.05) is 13.1 Å². The second-order valence-electron chi connectivity index (χ2n) is 6.71. The van der Waals surface area contributed by atoms with E-state index < -0.39 is 0 Å². The Kier molecular flexibility index (Phi) is 4.31. The van der Waals surface area contributed by atoms with Gasteiger partial charge in [-0.25, -0.2) is 4.68 Å². The van der Waals surface area contributed by atoms with Gasteiger partial charge in [-0.05, 0) is 44.0 Å². The standard InChI is InChI=1S/C19H22N4OS/c1-12-8-9-20-11-16(12)21-18(24)17-10-15-13(2)22-23(19(15)25-17)14-6-4-3-5-7-14/h3-7,10,12,16,20H,8-9,11H2,1-2H3,(H,21,24). The number of nitrogens with one attached hydrogen (secondary N) is 2. The van der Waals surface area contributed by atoms with Gasteiger partial charge < -0.3 is 10.6 Å². The highest BCUT2D eigenvalue weighted by Crippen LogP contribution is 2.30. The Morgan fingerprint density at radius 3 is 2.92 bits per heavy atom. The summed E-state index contributed by atoms with van der Waals surface area (Å²) in [5, 5.41) is 12.2. The zero-order valence-electron chi connectivity index (χ0n) is 14.5. The molecule has 4 rings (SSSR count). The van der Waals surface area contributed by atoms with Crippen molar-refractivity contribution in [3.63, 3.8) is 0 Å². The second-order valence-corrected chi connectivity index (χ2v) is 7.74. The number of fused-ring (bicyclic) bond motifs is 1. The molecule has 0 aliphatic carbocycles. The van der Waals surface area contributed by atoms with Gasteiger partial charge in [-0.15, -0.1) is 11.3 Å². The number of carbonyl (C=O) groups is 1. The molecule has 1 amide bonds. The number of nitrogens with zero attached hydrogens (tertiary/aromatic N) is 2. The van der Waals surface area contributed by atoms with Gasteiger partial charge in [-0.2, -0.15) is 5.10 Å². The van der Waals surface area contributed by atoms with E-state index in [-0.39, 0.29) is 11.9 Å². The first kappa shape index (κ1) is 16.3. The first-order valence-corrected chi connectivity index (χ1v) is 9.51. The molecule has 25 heavy (non-hydrogen) atoms. The number of piperidine rings is 1. The lowest BCUT2D eigenvalue weighted by Gasteiger charge is -2.30. The second kappa shape index (κ2) is 6.61. The fourth-order valence-electron chi connectivity index (χ4n) is 3.33. The molecule has 5 nitrogen and oxygen atoms in total. The van der Waals surface area contributed by atoms with Crippen LogP contribution < -0.4 is 10.6 Å². The number of aryl methyl sites for hydroxylation is 1. The van der Waals surface area contributed by atoms with Gasteiger partial charge in [0, 0.05) is 18.0 Å². The highest BCUT2D eigenvalue weighted by atomic mass is 32.1. The van der Waals surface area contributed by atoms with Gasteiger partial charge in [-0.3, -0.25) is 4.79 Å². The van der Waals surface area contributed by atoms with Gasteiger partial charge in [0.2, 0.25) is 0 Å². The van der Waals surface area contributed by atoms with Crippen molar-refractivity contribution < 1.29 is 4.79 Å². The highest BCUT2D eigenvalue weighted by Gasteiger charge is 2.24. The SMILES string of the molecule is Cc1nn(-c2ccccc2)c2sc(C(=O)NC3CNCCC3C)cc12. The number of para-hydroxylation sites is 1. The van der Waals surface area contributed by atoms with Gasteiger partial charge in [0.1, 0.15) is 4.83 Å². The Bertz CT molecular complexity index is 899. The lowest BCUT2D eigenvalue weighted by Crippen LogP contribution is -2.50. The van der Waals surface area contributed by atoms with Crippen LogP contribution in [0.25, 0.3) is 15.9 Å². The molecule has 6 heteroatoms. The summed E-state index contributed by atoms with van der Waals surface area (Å²) in [5.74, 6) is 0.516. The summed E-state index contributed by atoms with van der Waals surface area (Å²) >= 11 is 1.51. The number of hydrogen-bond donors (Lipinski definition) is 2. The van der Waals surface area contributed by atoms with Gasteiger partial charge in [0.05, 0.1) is 16.3 Å². The van der Waals surface area contributed by atoms with Crippen LogP contribution in [0.2, 0.25) is 0 Å². The summed E-state index contributed by atoms with van der Waals surface area (Å²) in [6.07, 6.45) is 1.10. The summed E-state index contributed by atoms with van der Waals surface area (Å²) in [7, 11) is 0. The predicted octanol–water partition coefficient (Wildman–Crippen LogP) is 3.12. The van der Waals surface area contributed by atoms with Crippen LogP contribution in [0.1, 0.15) is 28.7 Å². The maximum Gasteiger partial charge on any atom is 0.261 e. The topological polar surface area (TPSA) is 59.0 Å². The van der Waals surface area contributed by atoms with Crippen molar-refractivity contribution in [3.05, 3.63) is 47.0 Å². The monoisotopic (exact) mass is 354 g/mol. The molecule has 1 fully saturated rings. The Morgan fingerprint density at radius 2 is 2.16 bits per heavy atom. The quantitative estimate of drug-likeness (QED) is 0.760. The molecule has 2 aromatic heterocycles. The zero-order valence-corrected chi connectivity index (χ0v) is 15.3. The van der Waals surface area contributed by atoms with Crippen LogP contribution in [0, 0.1) is 12.8 Å². The van der Waals surface area contributed by atoms with E-state index in [4.69, 9.17) is 0 Å². The molecule has 0 saturated carbocycles. The minimum Gasteiger partial charge on any atom is -0.347 e. The molecule has 1 aromatic carbocycles. The van der Waals surface area contributed by atoms with Crippen LogP contribution in [0.3, 0.4) is 0 Å². The smallest absolute Gasteiger partial charge is 0.261 e. The first-order chi connectivity index (χ1) is 12.1. The van der Waals surface area contributed by atoms with Crippen LogP contribution in [-0.2, 0) is 0 Å². The maximum absolute atomic E-state index is 12.7. The van der Waals surface area contributed by atoms with Gasteiger partial charge in [0.15, 0.2) is 0 Å². The van der Waals surface area contributed by atoms with E-state index in [1.807, 2.05) is 48.0 Å². The maximum atomic E-state index is 12.7. The van der Waals surface area contributed by atoms with E-state index in [1.54, 1.807) is 0 Å². The third-order valence-electron chi connectivity index (χ3n) is 4.91. The molecule has 1 aliphatic rings. The van der Waals surface area contributed by atoms with E-state index in [2.05, 4.69) is 22.7 Å². The fourth-order valence-corrected chi connectivity index (χ4v) is 4.41. The average Bonchev–Trinajstić information content (AvgIpc) is 3.19. The fraction of sp³-hybridized carbons (Fsp3) is 0.368. The molecule has 2 unspecified atom stereocenters. The number of hydrogen-bond acceptors (Lipinski definition) is 4. The Labute approximate surface area is 151 Å². The molecule has 3 aromatic rings. The highest BCUT2D eigenvalue weighted by molar-refractivity contribution is 7.20. The predicted molar refractivity (Wildman–Crippen MR) is 102 cm³/mol. The molecule has 0 bridgehead atoms. The zero-order chi connectivity index (χ0) is 17.4. The molecule has 130 valence electrons. The van der Waals surface area contributed by atoms with Crippen LogP contribution in [0.15, 0.2) is 36.4 Å². The number of thiophene rings is 1. The minimum atomic E-state index is 0.0146.